The van der Waals surface area contributed by atoms with E-state index in [1.54, 1.807) is 0 Å². The summed E-state index contributed by atoms with van der Waals surface area (Å²) in [7, 11) is 0. The van der Waals surface area contributed by atoms with E-state index in [4.69, 9.17) is 9.97 Å². The highest BCUT2D eigenvalue weighted by molar-refractivity contribution is 6.13. The van der Waals surface area contributed by atoms with Crippen LogP contribution in [0.4, 0.5) is 0 Å². The average molecular weight is 614 g/mol. The Hall–Kier alpha value is -6.06. The van der Waals surface area contributed by atoms with Crippen LogP contribution in [-0.2, 0) is 5.41 Å². The Labute approximate surface area is 278 Å². The summed E-state index contributed by atoms with van der Waals surface area (Å²) in [4.78, 5) is 10.8. The molecule has 0 saturated carbocycles. The Morgan fingerprint density at radius 2 is 1.17 bits per heavy atom. The van der Waals surface area contributed by atoms with Crippen molar-refractivity contribution in [3.8, 4) is 39.5 Å². The number of hydrogen-bond acceptors (Lipinski definition) is 2. The molecule has 0 atom stereocenters. The van der Waals surface area contributed by atoms with Gasteiger partial charge in [-0.1, -0.05) is 129 Å². The zero-order valence-electron chi connectivity index (χ0n) is 26.8. The first-order chi connectivity index (χ1) is 23.5. The van der Waals surface area contributed by atoms with Crippen LogP contribution in [0, 0.1) is 0 Å². The fourth-order valence-electron chi connectivity index (χ4n) is 7.97. The molecule has 9 aromatic rings. The number of rotatable bonds is 3. The second-order valence-electron chi connectivity index (χ2n) is 13.5. The molecule has 1 aliphatic carbocycles. The molecule has 0 bridgehead atoms. The fraction of sp³-hybridized carbons (Fsp3) is 0.0667. The van der Waals surface area contributed by atoms with Crippen LogP contribution in [0.15, 0.2) is 152 Å². The van der Waals surface area contributed by atoms with Crippen LogP contribution in [0.25, 0.3) is 82.9 Å². The predicted molar refractivity (Wildman–Crippen MR) is 200 cm³/mol. The van der Waals surface area contributed by atoms with Crippen molar-refractivity contribution >= 4 is 43.5 Å². The Morgan fingerprint density at radius 3 is 2.04 bits per heavy atom. The maximum atomic E-state index is 5.50. The summed E-state index contributed by atoms with van der Waals surface area (Å²) in [6.45, 7) is 4.67. The lowest BCUT2D eigenvalue weighted by atomic mass is 9.82. The molecule has 0 saturated heterocycles. The van der Waals surface area contributed by atoms with E-state index in [-0.39, 0.29) is 5.41 Å². The van der Waals surface area contributed by atoms with Crippen LogP contribution in [0.3, 0.4) is 0 Å². The summed E-state index contributed by atoms with van der Waals surface area (Å²) in [6, 6.07) is 54.6. The molecule has 0 radical (unpaired) electrons. The van der Waals surface area contributed by atoms with Crippen LogP contribution in [0.1, 0.15) is 25.0 Å². The fourth-order valence-corrected chi connectivity index (χ4v) is 7.97. The quantitative estimate of drug-likeness (QED) is 0.198. The summed E-state index contributed by atoms with van der Waals surface area (Å²) in [6.07, 6.45) is 0. The first kappa shape index (κ1) is 27.1. The van der Waals surface area contributed by atoms with Gasteiger partial charge in [0.05, 0.1) is 22.2 Å². The first-order valence-corrected chi connectivity index (χ1v) is 16.6. The topological polar surface area (TPSA) is 30.7 Å². The number of nitrogens with zero attached hydrogens (tertiary/aromatic N) is 3. The number of benzene rings is 7. The number of para-hydroxylation sites is 1. The molecule has 10 rings (SSSR count). The van der Waals surface area contributed by atoms with Crippen LogP contribution in [0.5, 0.6) is 0 Å². The second kappa shape index (κ2) is 9.97. The van der Waals surface area contributed by atoms with Crippen molar-refractivity contribution in [3.63, 3.8) is 0 Å². The highest BCUT2D eigenvalue weighted by atomic mass is 15.2. The Kier molecular flexibility index (Phi) is 5.63. The van der Waals surface area contributed by atoms with Gasteiger partial charge in [0.15, 0.2) is 0 Å². The van der Waals surface area contributed by atoms with Gasteiger partial charge in [-0.25, -0.2) is 9.97 Å². The van der Waals surface area contributed by atoms with E-state index in [0.29, 0.717) is 5.95 Å². The largest absolute Gasteiger partial charge is 0.278 e. The first-order valence-electron chi connectivity index (χ1n) is 16.6. The predicted octanol–water partition coefficient (Wildman–Crippen LogP) is 11.5. The van der Waals surface area contributed by atoms with Crippen LogP contribution in [0.2, 0.25) is 0 Å². The van der Waals surface area contributed by atoms with Gasteiger partial charge in [-0.3, -0.25) is 4.57 Å². The Morgan fingerprint density at radius 1 is 0.458 bits per heavy atom. The van der Waals surface area contributed by atoms with Crippen molar-refractivity contribution in [2.75, 3.05) is 0 Å². The molecule has 0 N–H and O–H groups in total. The molecule has 3 nitrogen and oxygen atoms in total. The van der Waals surface area contributed by atoms with Gasteiger partial charge in [0, 0.05) is 27.1 Å². The van der Waals surface area contributed by atoms with Crippen LogP contribution in [-0.4, -0.2) is 14.5 Å². The number of fused-ring (bicyclic) bond motifs is 8. The SMILES string of the molecule is CC1(C)c2ccccc2-c2ccc(-c3nc(-n4c5ccccc5c5cc6ccccc6cc54)nc4ccc(-c5ccccc5)cc34)cc21. The van der Waals surface area contributed by atoms with Gasteiger partial charge < -0.3 is 0 Å². The van der Waals surface area contributed by atoms with Gasteiger partial charge >= 0.3 is 0 Å². The molecule has 0 spiro atoms. The minimum absolute atomic E-state index is 0.114. The number of aromatic nitrogens is 3. The molecular weight excluding hydrogens is 583 g/mol. The summed E-state index contributed by atoms with van der Waals surface area (Å²) in [5, 5.41) is 5.86. The maximum Gasteiger partial charge on any atom is 0.235 e. The van der Waals surface area contributed by atoms with Gasteiger partial charge in [0.2, 0.25) is 5.95 Å². The maximum absolute atomic E-state index is 5.50. The summed E-state index contributed by atoms with van der Waals surface area (Å²) < 4.78 is 2.25. The third kappa shape index (κ3) is 3.88. The van der Waals surface area contributed by atoms with Crippen molar-refractivity contribution in [1.82, 2.24) is 14.5 Å². The smallest absolute Gasteiger partial charge is 0.235 e. The lowest BCUT2D eigenvalue weighted by Gasteiger charge is -2.22. The van der Waals surface area contributed by atoms with Gasteiger partial charge in [0.25, 0.3) is 0 Å². The molecule has 48 heavy (non-hydrogen) atoms. The second-order valence-corrected chi connectivity index (χ2v) is 13.5. The Bertz CT molecular complexity index is 2750. The third-order valence-electron chi connectivity index (χ3n) is 10.4. The van der Waals surface area contributed by atoms with Gasteiger partial charge in [-0.05, 0) is 80.6 Å². The summed E-state index contributed by atoms with van der Waals surface area (Å²) in [5.74, 6) is 0.675. The number of hydrogen-bond donors (Lipinski definition) is 0. The van der Waals surface area contributed by atoms with E-state index < -0.39 is 0 Å². The summed E-state index contributed by atoms with van der Waals surface area (Å²) >= 11 is 0. The molecule has 7 aromatic carbocycles. The van der Waals surface area contributed by atoms with Crippen molar-refractivity contribution in [3.05, 3.63) is 163 Å². The minimum Gasteiger partial charge on any atom is -0.278 e. The molecule has 2 aromatic heterocycles. The standard InChI is InChI=1S/C45H31N3/c1-45(2)38-18-10-8-16-33(38)34-22-20-32(26-39(34)45)43-37-25-31(28-12-4-3-5-13-28)21-23-40(37)46-44(47-43)48-41-19-11-9-17-35(41)36-24-29-14-6-7-15-30(29)27-42(36)48/h3-27H,1-2H3. The monoisotopic (exact) mass is 613 g/mol. The molecule has 3 heteroatoms. The van der Waals surface area contributed by atoms with Crippen molar-refractivity contribution < 1.29 is 0 Å². The average Bonchev–Trinajstić information content (AvgIpc) is 3.58. The normalized spacial score (nSPS) is 13.4. The van der Waals surface area contributed by atoms with E-state index in [0.717, 1.165) is 38.8 Å². The molecule has 2 heterocycles. The van der Waals surface area contributed by atoms with Gasteiger partial charge in [-0.15, -0.1) is 0 Å². The molecular formula is C45H31N3. The lowest BCUT2D eigenvalue weighted by Crippen LogP contribution is -2.15. The zero-order valence-corrected chi connectivity index (χ0v) is 26.8. The minimum atomic E-state index is -0.114. The zero-order chi connectivity index (χ0) is 32.0. The van der Waals surface area contributed by atoms with Crippen molar-refractivity contribution in [2.24, 2.45) is 0 Å². The van der Waals surface area contributed by atoms with Crippen molar-refractivity contribution in [1.29, 1.82) is 0 Å². The molecule has 0 aliphatic heterocycles. The Balaban J connectivity index is 1.27. The molecule has 226 valence electrons. The lowest BCUT2D eigenvalue weighted by molar-refractivity contribution is 0.660. The molecule has 0 amide bonds. The van der Waals surface area contributed by atoms with E-state index in [2.05, 4.69) is 170 Å². The highest BCUT2D eigenvalue weighted by Crippen LogP contribution is 2.50. The van der Waals surface area contributed by atoms with Gasteiger partial charge in [-0.2, -0.15) is 0 Å². The molecule has 0 unspecified atom stereocenters. The molecule has 0 fully saturated rings. The van der Waals surface area contributed by atoms with E-state index in [1.807, 2.05) is 0 Å². The summed E-state index contributed by atoms with van der Waals surface area (Å²) in [5.41, 5.74) is 12.7. The van der Waals surface area contributed by atoms with Crippen LogP contribution < -0.4 is 0 Å². The van der Waals surface area contributed by atoms with Crippen LogP contribution >= 0.6 is 0 Å². The molecule has 1 aliphatic rings. The van der Waals surface area contributed by atoms with E-state index >= 15 is 0 Å². The van der Waals surface area contributed by atoms with Gasteiger partial charge in [0.1, 0.15) is 0 Å². The van der Waals surface area contributed by atoms with E-state index in [9.17, 15) is 0 Å². The highest BCUT2D eigenvalue weighted by Gasteiger charge is 2.35. The van der Waals surface area contributed by atoms with E-state index in [1.165, 1.54) is 49.4 Å². The van der Waals surface area contributed by atoms with Crippen molar-refractivity contribution in [2.45, 2.75) is 19.3 Å². The third-order valence-corrected chi connectivity index (χ3v) is 10.4.